The molecule has 19 rings (SSSR count). The van der Waals surface area contributed by atoms with Gasteiger partial charge >= 0.3 is 11.9 Å². The highest BCUT2D eigenvalue weighted by molar-refractivity contribution is 7.35. The van der Waals surface area contributed by atoms with E-state index in [2.05, 4.69) is 79.7 Å². The molecule has 131 heavy (non-hydrogen) atoms. The number of fused-ring (bicyclic) bond motifs is 9. The molecule has 5 aromatic heterocycles. The number of methoxy groups -OCH3 is 1. The van der Waals surface area contributed by atoms with Crippen LogP contribution in [0.2, 0.25) is 24.2 Å². The highest BCUT2D eigenvalue weighted by Gasteiger charge is 2.54. The van der Waals surface area contributed by atoms with Gasteiger partial charge in [-0.15, -0.1) is 56.7 Å². The number of anilines is 2. The average molecular weight is 1870 g/mol. The maximum Gasteiger partial charge on any atom is 0.353 e. The highest BCUT2D eigenvalue weighted by atomic mass is 32.1. The summed E-state index contributed by atoms with van der Waals surface area (Å²) in [7, 11) is -2.41. The summed E-state index contributed by atoms with van der Waals surface area (Å²) in [4.78, 5) is 134. The lowest BCUT2D eigenvalue weighted by Crippen LogP contribution is -2.56. The standard InChI is InChI=1S/C109H109N3O12S5Si2/c1-14-22-26-63(18-5)56-130(57-64(19-6)27-23-15-2)84-52-80(125-98(84)100-86(130)54-82(127-100)108(119)121-13)96-94-95(107(118)110(12)106(94)117)97(129-96)81-53-85-99(126-81)101-87(131(85,58-65(20-7)28-24-16-3)59-66(21-8)29-25-17-4)55-83(128-101)109(120)124-71-44-38-68(39-45-71)112-103(114)75-49-47-73-90-78(122-69-40-32-61(10)33-41-69)50-76-88-74(102(113)111(104(76)115)67-36-30-60(9)31-37-67)48-46-72(92(88)90)91-79(123-70-42-34-62(11)35-43-70)51-77(105(112)116)89(75)93(73)91/h30-55,63-66H,14-29,56-59H2,1-13H3. The second-order valence-corrected chi connectivity index (χ2v) is 50.4. The first-order chi connectivity index (χ1) is 63.4. The molecule has 15 nitrogen and oxygen atoms in total. The zero-order valence-corrected chi connectivity index (χ0v) is 82.8. The number of hydrogen-bond donors (Lipinski definition) is 0. The summed E-state index contributed by atoms with van der Waals surface area (Å²) in [6.45, 7) is 24.4. The number of unbranched alkanes of at least 4 members (excludes halogenated alkanes) is 4. The number of amides is 6. The van der Waals surface area contributed by atoms with Gasteiger partial charge in [0.15, 0.2) is 0 Å². The highest BCUT2D eigenvalue weighted by Crippen LogP contribution is 2.58. The Balaban J connectivity index is 0.697. The molecule has 6 amide bonds. The number of imide groups is 3. The van der Waals surface area contributed by atoms with Crippen molar-refractivity contribution in [2.75, 3.05) is 24.0 Å². The van der Waals surface area contributed by atoms with E-state index in [1.807, 2.05) is 93.6 Å². The van der Waals surface area contributed by atoms with Crippen LogP contribution >= 0.6 is 56.7 Å². The maximum absolute atomic E-state index is 15.9. The second-order valence-electron chi connectivity index (χ2n) is 37.1. The van der Waals surface area contributed by atoms with Crippen molar-refractivity contribution in [1.82, 2.24) is 4.90 Å². The summed E-state index contributed by atoms with van der Waals surface area (Å²) < 4.78 is 25.9. The summed E-state index contributed by atoms with van der Waals surface area (Å²) in [6, 6.07) is 53.1. The van der Waals surface area contributed by atoms with Crippen LogP contribution in [-0.2, 0) is 4.74 Å². The van der Waals surface area contributed by atoms with E-state index in [4.69, 9.17) is 18.9 Å². The fourth-order valence-electron chi connectivity index (χ4n) is 21.9. The predicted octanol–water partition coefficient (Wildman–Crippen LogP) is 27.7. The molecule has 4 unspecified atom stereocenters. The molecule has 670 valence electrons. The van der Waals surface area contributed by atoms with Gasteiger partial charge in [-0.25, -0.2) is 19.4 Å². The molecule has 0 saturated carbocycles. The van der Waals surface area contributed by atoms with Crippen LogP contribution in [0.1, 0.15) is 256 Å². The van der Waals surface area contributed by atoms with Crippen molar-refractivity contribution in [1.29, 1.82) is 0 Å². The molecule has 10 heterocycles. The Morgan fingerprint density at radius 3 is 1.05 bits per heavy atom. The first-order valence-electron chi connectivity index (χ1n) is 47.0. The Kier molecular flexibility index (Phi) is 24.5. The maximum atomic E-state index is 15.9. The SMILES string of the molecule is CCCCC(CC)C[Si]1(CC(CC)CCCC)c2cc(C(=O)OC)sc2-c2sc(-c3sc(-c4cc5c(s4)-c4sc(C(=O)Oc6ccc(N7C(=O)c8ccc9c%10c(Oc%11ccc(C)cc%11)cc%11c%12c(ccc(c%13c(Oc%14ccc(C)cc%14)cc(c8c9%13)C7=O)c%12%10)C(=O)N(c7ccc(C)cc7)C%11=O)cc6)cc4[Si]5(CC(CC)CCCC)CC(CC)CCCC)c4c3C(=O)N(C)C4=O)cc21. The van der Waals surface area contributed by atoms with E-state index in [1.165, 1.54) is 58.7 Å². The minimum absolute atomic E-state index is 0.196. The molecule has 22 heteroatoms. The smallest absolute Gasteiger partial charge is 0.353 e. The van der Waals surface area contributed by atoms with Crippen molar-refractivity contribution in [2.24, 2.45) is 23.7 Å². The van der Waals surface area contributed by atoms with Crippen LogP contribution in [0.3, 0.4) is 0 Å². The van der Waals surface area contributed by atoms with Crippen LogP contribution in [0, 0.1) is 44.4 Å². The number of esters is 2. The summed E-state index contributed by atoms with van der Waals surface area (Å²) in [5.41, 5.74) is 5.62. The van der Waals surface area contributed by atoms with Crippen LogP contribution in [0.4, 0.5) is 11.4 Å². The number of nitrogens with zero attached hydrogens (tertiary/aromatic N) is 3. The Labute approximate surface area is 787 Å². The molecular formula is C109H109N3O12S5Si2. The molecule has 0 radical (unpaired) electrons. The molecule has 5 aliphatic rings. The number of rotatable bonds is 35. The fraction of sp³-hybridized carbons (Fsp3) is 0.339. The molecule has 0 fully saturated rings. The molecule has 4 atom stereocenters. The topological polar surface area (TPSA) is 183 Å². The summed E-state index contributed by atoms with van der Waals surface area (Å²) in [6.07, 6.45) is 17.6. The van der Waals surface area contributed by atoms with Gasteiger partial charge in [0.2, 0.25) is 0 Å². The number of ether oxygens (including phenoxy) is 4. The third-order valence-electron chi connectivity index (χ3n) is 29.0. The predicted molar refractivity (Wildman–Crippen MR) is 543 cm³/mol. The summed E-state index contributed by atoms with van der Waals surface area (Å²) in [5, 5.41) is 9.74. The lowest BCUT2D eigenvalue weighted by molar-refractivity contribution is 0.0603. The van der Waals surface area contributed by atoms with Crippen LogP contribution in [0.15, 0.2) is 158 Å². The van der Waals surface area contributed by atoms with Crippen molar-refractivity contribution in [3.05, 3.63) is 218 Å². The van der Waals surface area contributed by atoms with Gasteiger partial charge in [-0.2, -0.15) is 0 Å². The lowest BCUT2D eigenvalue weighted by atomic mass is 9.81. The van der Waals surface area contributed by atoms with Crippen molar-refractivity contribution in [2.45, 2.75) is 203 Å². The van der Waals surface area contributed by atoms with Gasteiger partial charge in [-0.1, -0.05) is 223 Å². The lowest BCUT2D eigenvalue weighted by Gasteiger charge is -2.35. The van der Waals surface area contributed by atoms with E-state index in [-0.39, 0.29) is 45.9 Å². The van der Waals surface area contributed by atoms with Gasteiger partial charge in [0.1, 0.15) is 54.6 Å². The van der Waals surface area contributed by atoms with Crippen LogP contribution in [0.25, 0.3) is 82.1 Å². The third kappa shape index (κ3) is 15.1. The van der Waals surface area contributed by atoms with E-state index in [1.54, 1.807) is 113 Å². The molecular weight excluding hydrogens is 1760 g/mol. The Morgan fingerprint density at radius 1 is 0.351 bits per heavy atom. The van der Waals surface area contributed by atoms with E-state index in [9.17, 15) is 4.79 Å². The van der Waals surface area contributed by atoms with E-state index in [0.29, 0.717) is 122 Å². The molecule has 0 aliphatic carbocycles. The first-order valence-corrected chi connectivity index (χ1v) is 55.9. The van der Waals surface area contributed by atoms with E-state index >= 15 is 33.6 Å². The van der Waals surface area contributed by atoms with Gasteiger partial charge in [0.05, 0.1) is 50.5 Å². The molecule has 9 aromatic carbocycles. The Bertz CT molecular complexity index is 6930. The number of thiophene rings is 5. The molecule has 0 saturated heterocycles. The van der Waals surface area contributed by atoms with Crippen LogP contribution in [0.5, 0.6) is 28.7 Å². The van der Waals surface area contributed by atoms with Gasteiger partial charge in [-0.3, -0.25) is 33.7 Å². The monoisotopic (exact) mass is 1870 g/mol. The van der Waals surface area contributed by atoms with Crippen LogP contribution < -0.4 is 44.8 Å². The fourth-order valence-corrected chi connectivity index (χ4v) is 44.0. The molecule has 14 aromatic rings. The Morgan fingerprint density at radius 2 is 0.687 bits per heavy atom. The zero-order valence-electron chi connectivity index (χ0n) is 76.7. The van der Waals surface area contributed by atoms with Gasteiger partial charge in [-0.05, 0) is 209 Å². The first kappa shape index (κ1) is 89.4. The normalized spacial score (nSPS) is 16.9. The van der Waals surface area contributed by atoms with Gasteiger partial charge in [0.25, 0.3) is 35.4 Å². The van der Waals surface area contributed by atoms with E-state index < -0.39 is 45.7 Å². The molecule has 0 spiro atoms. The molecule has 0 N–H and O–H groups in total. The molecule has 0 bridgehead atoms. The summed E-state index contributed by atoms with van der Waals surface area (Å²) >= 11 is 8.06. The van der Waals surface area contributed by atoms with E-state index in [0.717, 1.165) is 178 Å². The average Bonchev–Trinajstić information content (AvgIpc) is 1.63. The number of carbonyl (C=O) groups is 8. The number of hydrogen-bond acceptors (Lipinski definition) is 17. The van der Waals surface area contributed by atoms with Gasteiger partial charge < -0.3 is 18.9 Å². The minimum atomic E-state index is -2.87. The van der Waals surface area contributed by atoms with Gasteiger partial charge in [0, 0.05) is 79.8 Å². The zero-order chi connectivity index (χ0) is 91.5. The van der Waals surface area contributed by atoms with Crippen molar-refractivity contribution in [3.8, 4) is 67.8 Å². The summed E-state index contributed by atoms with van der Waals surface area (Å²) in [5.74, 6) is 0.0492. The number of carbonyl (C=O) groups excluding carboxylic acids is 8. The third-order valence-corrected chi connectivity index (χ3v) is 46.9. The second kappa shape index (κ2) is 35.9. The van der Waals surface area contributed by atoms with Crippen molar-refractivity contribution in [3.63, 3.8) is 0 Å². The minimum Gasteiger partial charge on any atom is -0.465 e. The Hall–Kier alpha value is -10.8. The largest absolute Gasteiger partial charge is 0.465 e. The quantitative estimate of drug-likeness (QED) is 0.00916. The number of benzene rings is 9. The number of aryl methyl sites for hydroxylation is 3. The van der Waals surface area contributed by atoms with Crippen molar-refractivity contribution < 1.29 is 57.3 Å². The van der Waals surface area contributed by atoms with Crippen LogP contribution in [-0.4, -0.2) is 82.6 Å². The van der Waals surface area contributed by atoms with Crippen molar-refractivity contribution >= 4 is 195 Å². The molecule has 5 aliphatic heterocycles.